The van der Waals surface area contributed by atoms with Crippen LogP contribution < -0.4 is 5.32 Å². The predicted octanol–water partition coefficient (Wildman–Crippen LogP) is 2.37. The maximum Gasteiger partial charge on any atom is 0.168 e. The third-order valence-corrected chi connectivity index (χ3v) is 2.02. The van der Waals surface area contributed by atoms with Crippen molar-refractivity contribution in [2.45, 2.75) is 6.54 Å². The molecule has 0 saturated heterocycles. The maximum absolute atomic E-state index is 13.2. The van der Waals surface area contributed by atoms with Gasteiger partial charge in [0.2, 0.25) is 0 Å². The highest BCUT2D eigenvalue weighted by molar-refractivity contribution is 5.36. The minimum absolute atomic E-state index is 0.0400. The van der Waals surface area contributed by atoms with Gasteiger partial charge in [0.25, 0.3) is 0 Å². The molecular weight excluding hydrogens is 212 g/mol. The molecule has 0 bridgehead atoms. The average molecular weight is 221 g/mol. The quantitative estimate of drug-likeness (QED) is 0.864. The van der Waals surface area contributed by atoms with Crippen LogP contribution in [0.2, 0.25) is 0 Å². The molecule has 0 atom stereocenters. The zero-order chi connectivity index (χ0) is 11.4. The van der Waals surface area contributed by atoms with Gasteiger partial charge in [-0.15, -0.1) is 0 Å². The van der Waals surface area contributed by atoms with Gasteiger partial charge in [-0.25, -0.2) is 13.8 Å². The Balaban J connectivity index is 2.05. The van der Waals surface area contributed by atoms with Gasteiger partial charge < -0.3 is 5.32 Å². The summed E-state index contributed by atoms with van der Waals surface area (Å²) in [5, 5.41) is 2.78. The summed E-state index contributed by atoms with van der Waals surface area (Å²) in [5.74, 6) is -1.35. The Morgan fingerprint density at radius 3 is 2.62 bits per heavy atom. The molecule has 2 aromatic heterocycles. The van der Waals surface area contributed by atoms with E-state index in [1.807, 2.05) is 0 Å². The van der Waals surface area contributed by atoms with Gasteiger partial charge in [-0.1, -0.05) is 0 Å². The number of aromatic nitrogens is 2. The molecule has 0 saturated carbocycles. The summed E-state index contributed by atoms with van der Waals surface area (Å²) in [4.78, 5) is 7.48. The monoisotopic (exact) mass is 221 g/mol. The largest absolute Gasteiger partial charge is 0.364 e. The van der Waals surface area contributed by atoms with E-state index in [0.29, 0.717) is 6.54 Å². The predicted molar refractivity (Wildman–Crippen MR) is 55.7 cm³/mol. The molecule has 82 valence electrons. The van der Waals surface area contributed by atoms with Crippen molar-refractivity contribution >= 4 is 5.82 Å². The molecule has 2 rings (SSSR count). The molecule has 0 spiro atoms. The van der Waals surface area contributed by atoms with Crippen LogP contribution in [0.3, 0.4) is 0 Å². The second-order valence-corrected chi connectivity index (χ2v) is 3.19. The highest BCUT2D eigenvalue weighted by Crippen LogP contribution is 2.12. The molecule has 16 heavy (non-hydrogen) atoms. The Hall–Kier alpha value is -2.04. The van der Waals surface area contributed by atoms with Crippen molar-refractivity contribution in [3.8, 4) is 0 Å². The lowest BCUT2D eigenvalue weighted by atomic mass is 10.3. The van der Waals surface area contributed by atoms with Crippen LogP contribution >= 0.6 is 0 Å². The second-order valence-electron chi connectivity index (χ2n) is 3.19. The van der Waals surface area contributed by atoms with Gasteiger partial charge in [-0.05, 0) is 17.7 Å². The summed E-state index contributed by atoms with van der Waals surface area (Å²) >= 11 is 0. The number of hydrogen-bond donors (Lipinski definition) is 1. The van der Waals surface area contributed by atoms with Crippen LogP contribution in [0.5, 0.6) is 0 Å². The van der Waals surface area contributed by atoms with E-state index in [9.17, 15) is 8.78 Å². The first-order valence-electron chi connectivity index (χ1n) is 4.69. The average Bonchev–Trinajstić information content (AvgIpc) is 2.29. The zero-order valence-corrected chi connectivity index (χ0v) is 8.32. The number of pyridine rings is 2. The minimum atomic E-state index is -0.700. The van der Waals surface area contributed by atoms with E-state index in [0.717, 1.165) is 17.8 Å². The molecule has 5 heteroatoms. The first kappa shape index (κ1) is 10.5. The Morgan fingerprint density at radius 2 is 1.94 bits per heavy atom. The lowest BCUT2D eigenvalue weighted by Gasteiger charge is -2.05. The molecule has 0 fully saturated rings. The minimum Gasteiger partial charge on any atom is -0.364 e. The number of nitrogens with one attached hydrogen (secondary N) is 1. The van der Waals surface area contributed by atoms with Gasteiger partial charge in [0.05, 0.1) is 6.20 Å². The van der Waals surface area contributed by atoms with Crippen LogP contribution in [0.1, 0.15) is 5.56 Å². The summed E-state index contributed by atoms with van der Waals surface area (Å²) in [7, 11) is 0. The molecule has 0 radical (unpaired) electrons. The van der Waals surface area contributed by atoms with Gasteiger partial charge in [0.1, 0.15) is 5.82 Å². The first-order chi connectivity index (χ1) is 7.75. The Morgan fingerprint density at radius 1 is 1.19 bits per heavy atom. The first-order valence-corrected chi connectivity index (χ1v) is 4.69. The number of rotatable bonds is 3. The smallest absolute Gasteiger partial charge is 0.168 e. The van der Waals surface area contributed by atoms with Crippen LogP contribution in [0.4, 0.5) is 14.6 Å². The van der Waals surface area contributed by atoms with Crippen LogP contribution in [0, 0.1) is 11.6 Å². The highest BCUT2D eigenvalue weighted by atomic mass is 19.1. The van der Waals surface area contributed by atoms with E-state index in [1.54, 1.807) is 24.5 Å². The topological polar surface area (TPSA) is 37.8 Å². The standard InChI is InChI=1S/C11H9F2N3/c12-9-5-10(13)11(16-7-9)15-6-8-1-3-14-4-2-8/h1-5,7H,6H2,(H,15,16). The molecular formula is C11H9F2N3. The fourth-order valence-electron chi connectivity index (χ4n) is 1.23. The molecule has 0 unspecified atom stereocenters. The van der Waals surface area contributed by atoms with Crippen molar-refractivity contribution in [3.63, 3.8) is 0 Å². The third kappa shape index (κ3) is 2.50. The third-order valence-electron chi connectivity index (χ3n) is 2.02. The van der Waals surface area contributed by atoms with E-state index in [4.69, 9.17) is 0 Å². The lowest BCUT2D eigenvalue weighted by Crippen LogP contribution is -2.03. The summed E-state index contributed by atoms with van der Waals surface area (Å²) in [6.07, 6.45) is 4.26. The van der Waals surface area contributed by atoms with Crippen LogP contribution in [0.25, 0.3) is 0 Å². The fourth-order valence-corrected chi connectivity index (χ4v) is 1.23. The summed E-state index contributed by atoms with van der Waals surface area (Å²) in [5.41, 5.74) is 0.945. The molecule has 2 heterocycles. The van der Waals surface area contributed by atoms with E-state index in [-0.39, 0.29) is 5.82 Å². The molecule has 0 aliphatic heterocycles. The Bertz CT molecular complexity index is 474. The second kappa shape index (κ2) is 4.65. The van der Waals surface area contributed by atoms with E-state index >= 15 is 0 Å². The van der Waals surface area contributed by atoms with E-state index in [2.05, 4.69) is 15.3 Å². The zero-order valence-electron chi connectivity index (χ0n) is 8.32. The van der Waals surface area contributed by atoms with Crippen LogP contribution in [-0.4, -0.2) is 9.97 Å². The molecule has 0 aliphatic carbocycles. The SMILES string of the molecule is Fc1cnc(NCc2ccncc2)c(F)c1. The van der Waals surface area contributed by atoms with Crippen molar-refractivity contribution in [2.75, 3.05) is 5.32 Å². The number of anilines is 1. The molecule has 0 amide bonds. The van der Waals surface area contributed by atoms with Crippen LogP contribution in [0.15, 0.2) is 36.8 Å². The fraction of sp³-hybridized carbons (Fsp3) is 0.0909. The lowest BCUT2D eigenvalue weighted by molar-refractivity contribution is 0.575. The molecule has 0 aliphatic rings. The van der Waals surface area contributed by atoms with Crippen LogP contribution in [-0.2, 0) is 6.54 Å². The molecule has 3 nitrogen and oxygen atoms in total. The molecule has 0 aromatic carbocycles. The van der Waals surface area contributed by atoms with Crippen molar-refractivity contribution in [1.29, 1.82) is 0 Å². The molecule has 2 aromatic rings. The highest BCUT2D eigenvalue weighted by Gasteiger charge is 2.04. The maximum atomic E-state index is 13.2. The van der Waals surface area contributed by atoms with Gasteiger partial charge in [0.15, 0.2) is 11.6 Å². The summed E-state index contributed by atoms with van der Waals surface area (Å²) < 4.78 is 25.7. The number of hydrogen-bond acceptors (Lipinski definition) is 3. The van der Waals surface area contributed by atoms with Gasteiger partial charge >= 0.3 is 0 Å². The van der Waals surface area contributed by atoms with Gasteiger partial charge in [-0.3, -0.25) is 4.98 Å². The van der Waals surface area contributed by atoms with E-state index in [1.165, 1.54) is 0 Å². The van der Waals surface area contributed by atoms with Gasteiger partial charge in [-0.2, -0.15) is 0 Å². The van der Waals surface area contributed by atoms with Crippen molar-refractivity contribution in [3.05, 3.63) is 54.0 Å². The Kier molecular flexibility index (Phi) is 3.05. The summed E-state index contributed by atoms with van der Waals surface area (Å²) in [6, 6.07) is 4.39. The van der Waals surface area contributed by atoms with Crippen molar-refractivity contribution in [2.24, 2.45) is 0 Å². The normalized spacial score (nSPS) is 10.1. The number of halogens is 2. The van der Waals surface area contributed by atoms with Crippen molar-refractivity contribution < 1.29 is 8.78 Å². The summed E-state index contributed by atoms with van der Waals surface area (Å²) in [6.45, 7) is 0.415. The van der Waals surface area contributed by atoms with Gasteiger partial charge in [0, 0.05) is 25.0 Å². The number of nitrogens with zero attached hydrogens (tertiary/aromatic N) is 2. The molecule has 1 N–H and O–H groups in total. The van der Waals surface area contributed by atoms with E-state index < -0.39 is 11.6 Å². The van der Waals surface area contributed by atoms with Crippen molar-refractivity contribution in [1.82, 2.24) is 9.97 Å². The Labute approximate surface area is 91.2 Å².